The minimum absolute atomic E-state index is 0.165. The van der Waals surface area contributed by atoms with Crippen molar-refractivity contribution in [3.05, 3.63) is 47.0 Å². The van der Waals surface area contributed by atoms with Crippen LogP contribution in [0.15, 0.2) is 24.3 Å². The van der Waals surface area contributed by atoms with E-state index in [1.165, 1.54) is 7.11 Å². The lowest BCUT2D eigenvalue weighted by atomic mass is 9.84. The molecule has 0 heterocycles. The van der Waals surface area contributed by atoms with Crippen LogP contribution in [0.4, 0.5) is 8.78 Å². The number of esters is 1. The smallest absolute Gasteiger partial charge is 0.376 e. The number of hydrogen-bond acceptors (Lipinski definition) is 9. The van der Waals surface area contributed by atoms with E-state index in [9.17, 15) is 13.6 Å². The molecule has 0 saturated carbocycles. The molecule has 13 heteroatoms. The Morgan fingerprint density at radius 1 is 0.968 bits per heavy atom. The summed E-state index contributed by atoms with van der Waals surface area (Å²) in [6.07, 6.45) is -1.42. The molecule has 1 atom stereocenters. The molecule has 9 nitrogen and oxygen atoms in total. The number of carbonyl (C=O) groups excluding carboxylic acids is 1. The average molecular weight is 440 g/mol. The molecular weight excluding hydrogens is 420 g/mol. The lowest BCUT2D eigenvalue weighted by molar-refractivity contribution is -0.170. The molecule has 0 spiro atoms. The number of methoxy groups -OCH3 is 2. The monoisotopic (exact) mass is 440 g/mol. The summed E-state index contributed by atoms with van der Waals surface area (Å²) in [5, 5.41) is 44.1. The van der Waals surface area contributed by atoms with E-state index in [0.29, 0.717) is 15.0 Å². The zero-order valence-electron chi connectivity index (χ0n) is 16.6. The highest BCUT2D eigenvalue weighted by atomic mass is 19.1. The van der Waals surface area contributed by atoms with Gasteiger partial charge in [-0.3, -0.25) is 0 Å². The van der Waals surface area contributed by atoms with Crippen LogP contribution in [0.25, 0.3) is 0 Å². The van der Waals surface area contributed by atoms with Crippen molar-refractivity contribution in [3.63, 3.8) is 0 Å². The molecule has 2 aromatic carbocycles. The van der Waals surface area contributed by atoms with Crippen molar-refractivity contribution in [3.8, 4) is 11.5 Å². The van der Waals surface area contributed by atoms with E-state index in [4.69, 9.17) is 34.8 Å². The molecule has 0 saturated heterocycles. The molecule has 31 heavy (non-hydrogen) atoms. The lowest BCUT2D eigenvalue weighted by Crippen LogP contribution is -2.31. The number of aromatic hydroxyl groups is 1. The number of rotatable bonds is 8. The number of phenols is 1. The molecule has 0 fully saturated rings. The van der Waals surface area contributed by atoms with E-state index in [1.807, 2.05) is 0 Å². The van der Waals surface area contributed by atoms with Crippen molar-refractivity contribution < 1.29 is 53.2 Å². The summed E-state index contributed by atoms with van der Waals surface area (Å²) in [6.45, 7) is -0.835. The summed E-state index contributed by atoms with van der Waals surface area (Å²) in [5.41, 5.74) is 0.780. The molecule has 1 unspecified atom stereocenters. The summed E-state index contributed by atoms with van der Waals surface area (Å²) in [5.74, 6) is -3.31. The van der Waals surface area contributed by atoms with Crippen LogP contribution in [0, 0.1) is 11.6 Å². The van der Waals surface area contributed by atoms with Crippen molar-refractivity contribution in [1.82, 2.24) is 0 Å². The Hall–Kier alpha value is -2.70. The Morgan fingerprint density at radius 2 is 1.48 bits per heavy atom. The maximum Gasteiger partial charge on any atom is 0.376 e. The predicted octanol–water partition coefficient (Wildman–Crippen LogP) is -1.66. The third-order valence-electron chi connectivity index (χ3n) is 3.86. The second-order valence-electron chi connectivity index (χ2n) is 5.77. The van der Waals surface area contributed by atoms with Gasteiger partial charge in [0.05, 0.1) is 20.3 Å². The average Bonchev–Trinajstić information content (AvgIpc) is 2.79. The highest BCUT2D eigenvalue weighted by Gasteiger charge is 2.23. The summed E-state index contributed by atoms with van der Waals surface area (Å²) in [4.78, 5) is 11.2. The fourth-order valence-corrected chi connectivity index (χ4v) is 2.24. The van der Waals surface area contributed by atoms with Crippen molar-refractivity contribution >= 4 is 31.9 Å². The maximum atomic E-state index is 13.7. The first-order valence-corrected chi connectivity index (χ1v) is 8.53. The summed E-state index contributed by atoms with van der Waals surface area (Å²) in [6, 6.07) is 4.13. The van der Waals surface area contributed by atoms with Gasteiger partial charge in [-0.25, -0.2) is 13.6 Å². The van der Waals surface area contributed by atoms with Crippen molar-refractivity contribution in [1.29, 1.82) is 0 Å². The van der Waals surface area contributed by atoms with Crippen LogP contribution in [-0.4, -0.2) is 66.8 Å². The van der Waals surface area contributed by atoms with Crippen LogP contribution in [0.2, 0.25) is 0 Å². The van der Waals surface area contributed by atoms with Crippen LogP contribution in [0.3, 0.4) is 0 Å². The second-order valence-corrected chi connectivity index (χ2v) is 5.77. The predicted molar refractivity (Wildman–Crippen MR) is 105 cm³/mol. The Bertz CT molecular complexity index is 855. The quantitative estimate of drug-likeness (QED) is 0.185. The number of phenolic OH excluding ortho intramolecular Hbond substituents is 1. The van der Waals surface area contributed by atoms with E-state index in [1.54, 1.807) is 0 Å². The highest BCUT2D eigenvalue weighted by molar-refractivity contribution is 6.46. The van der Waals surface area contributed by atoms with E-state index in [2.05, 4.69) is 4.74 Å². The van der Waals surface area contributed by atoms with Gasteiger partial charge in [0.25, 0.3) is 6.29 Å². The fraction of sp³-hybridized carbons (Fsp3) is 0.278. The van der Waals surface area contributed by atoms with Gasteiger partial charge in [0, 0.05) is 7.11 Å². The maximum absolute atomic E-state index is 13.7. The molecule has 0 aliphatic carbocycles. The van der Waals surface area contributed by atoms with Gasteiger partial charge in [0.2, 0.25) is 0 Å². The summed E-state index contributed by atoms with van der Waals surface area (Å²) < 4.78 is 40.4. The largest absolute Gasteiger partial charge is 0.505 e. The zero-order chi connectivity index (χ0) is 23.6. The van der Waals surface area contributed by atoms with Crippen LogP contribution in [-0.2, 0) is 27.5 Å². The van der Waals surface area contributed by atoms with Gasteiger partial charge in [-0.15, -0.1) is 0 Å². The third-order valence-corrected chi connectivity index (χ3v) is 3.86. The first-order chi connectivity index (χ1) is 14.8. The second kappa shape index (κ2) is 12.9. The van der Waals surface area contributed by atoms with E-state index in [-0.39, 0.29) is 34.4 Å². The molecule has 0 aliphatic heterocycles. The van der Waals surface area contributed by atoms with Crippen LogP contribution < -0.4 is 15.7 Å². The topological polar surface area (TPSA) is 146 Å². The molecule has 2 rings (SSSR count). The highest BCUT2D eigenvalue weighted by Crippen LogP contribution is 2.19. The third kappa shape index (κ3) is 7.19. The molecule has 2 radical (unpaired) electrons. The lowest BCUT2D eigenvalue weighted by Gasteiger charge is -2.16. The van der Waals surface area contributed by atoms with Gasteiger partial charge >= 0.3 is 20.9 Å². The Kier molecular flexibility index (Phi) is 10.9. The van der Waals surface area contributed by atoms with Crippen LogP contribution in [0.5, 0.6) is 11.5 Å². The zero-order valence-corrected chi connectivity index (χ0v) is 16.6. The van der Waals surface area contributed by atoms with Crippen molar-refractivity contribution in [2.75, 3.05) is 14.2 Å². The van der Waals surface area contributed by atoms with Crippen LogP contribution >= 0.6 is 0 Å². The summed E-state index contributed by atoms with van der Waals surface area (Å²) in [7, 11) is 3.72. The first-order valence-electron chi connectivity index (χ1n) is 8.53. The molecule has 166 valence electrons. The molecule has 2 aromatic rings. The molecular formula is C18H20B2F2O9. The minimum Gasteiger partial charge on any atom is -0.505 e. The van der Waals surface area contributed by atoms with E-state index in [0.717, 1.165) is 31.4 Å². The standard InChI is InChI=1S/C11H13BFO6.C7H7BFO3/c1-17-10(15)11(18-2)19-9-4-7(12-16)6(5-14)3-8(9)13;9-6-1-4(3-10)5(8-12)2-7(6)11/h3-4,11,14,16H,5H2,1-2H3;1-2,10-12H,3H2. The van der Waals surface area contributed by atoms with Gasteiger partial charge in [-0.05, 0) is 46.3 Å². The van der Waals surface area contributed by atoms with Gasteiger partial charge < -0.3 is 39.6 Å². The molecule has 0 bridgehead atoms. The molecule has 0 aliphatic rings. The molecule has 0 amide bonds. The Morgan fingerprint density at radius 3 is 1.94 bits per heavy atom. The molecule has 5 N–H and O–H groups in total. The Labute approximate surface area is 178 Å². The summed E-state index contributed by atoms with van der Waals surface area (Å²) >= 11 is 0. The number of aliphatic hydroxyl groups excluding tert-OH is 2. The van der Waals surface area contributed by atoms with Crippen molar-refractivity contribution in [2.45, 2.75) is 19.5 Å². The Balaban J connectivity index is 0.000000343. The van der Waals surface area contributed by atoms with Gasteiger partial charge in [0.15, 0.2) is 23.1 Å². The normalized spacial score (nSPS) is 11.1. The minimum atomic E-state index is -1.42. The number of ether oxygens (including phenoxy) is 3. The number of benzene rings is 2. The van der Waals surface area contributed by atoms with Crippen LogP contribution in [0.1, 0.15) is 11.1 Å². The number of aliphatic hydroxyl groups is 2. The molecule has 0 aromatic heterocycles. The van der Waals surface area contributed by atoms with Gasteiger partial charge in [0.1, 0.15) is 0 Å². The van der Waals surface area contributed by atoms with Gasteiger partial charge in [-0.1, -0.05) is 0 Å². The van der Waals surface area contributed by atoms with E-state index >= 15 is 0 Å². The number of hydrogen-bond donors (Lipinski definition) is 5. The number of carbonyl (C=O) groups is 1. The van der Waals surface area contributed by atoms with Crippen molar-refractivity contribution in [2.24, 2.45) is 0 Å². The van der Waals surface area contributed by atoms with Gasteiger partial charge in [-0.2, -0.15) is 0 Å². The fourth-order valence-electron chi connectivity index (χ4n) is 2.24. The first kappa shape index (κ1) is 26.3. The number of halogens is 2. The SMILES string of the molecule is COC(=O)C(OC)Oc1cc([B]O)c(CO)cc1F.O[B]c1cc(O)c(F)cc1CO. The van der Waals surface area contributed by atoms with E-state index < -0.39 is 36.3 Å².